The van der Waals surface area contributed by atoms with Gasteiger partial charge in [0, 0.05) is 24.5 Å². The monoisotopic (exact) mass is 824 g/mol. The number of carbonyl (C=O) groups is 5. The molecule has 13 nitrogen and oxygen atoms in total. The molecular weight excluding hydrogens is 772 g/mol. The number of hydrogen-bond donors (Lipinski definition) is 4. The van der Waals surface area contributed by atoms with Crippen LogP contribution in [0.3, 0.4) is 0 Å². The third-order valence-corrected chi connectivity index (χ3v) is 8.47. The summed E-state index contributed by atoms with van der Waals surface area (Å²) in [6.07, 6.45) is 3.64. The minimum Gasteiger partial charge on any atom is -0.497 e. The van der Waals surface area contributed by atoms with Crippen LogP contribution >= 0.6 is 11.6 Å². The number of carbonyl (C=O) groups excluding carboxylic acids is 5. The molecule has 0 saturated carbocycles. The number of rotatable bonds is 17. The first-order valence-electron chi connectivity index (χ1n) is 18.5. The molecule has 0 radical (unpaired) electrons. The Morgan fingerprint density at radius 2 is 1.20 bits per heavy atom. The highest BCUT2D eigenvalue weighted by Crippen LogP contribution is 2.35. The largest absolute Gasteiger partial charge is 0.497 e. The van der Waals surface area contributed by atoms with Crippen molar-refractivity contribution < 1.29 is 33.4 Å². The molecule has 5 aromatic carbocycles. The SMILES string of the molecule is CCc1ccccc1.COc1ccc(NC=O)cc1.COc1ccc(NC=O)cc1.C[C@H](Cc1ccccc1)NC(=O)CN(C)c1c(Cl)cccc1N(C=O)CC(N)=O. The second kappa shape index (κ2) is 27.7. The molecule has 0 saturated heterocycles. The van der Waals surface area contributed by atoms with E-state index in [4.69, 9.17) is 26.8 Å². The van der Waals surface area contributed by atoms with Crippen molar-refractivity contribution in [1.82, 2.24) is 5.32 Å². The zero-order chi connectivity index (χ0) is 43.4. The summed E-state index contributed by atoms with van der Waals surface area (Å²) in [5.41, 5.74) is 10.2. The van der Waals surface area contributed by atoms with Crippen LogP contribution in [0.4, 0.5) is 22.7 Å². The zero-order valence-electron chi connectivity index (χ0n) is 34.0. The van der Waals surface area contributed by atoms with E-state index in [1.807, 2.05) is 43.3 Å². The van der Waals surface area contributed by atoms with E-state index in [1.54, 1.807) is 92.9 Å². The number of hydrogen-bond acceptors (Lipinski definition) is 8. The van der Waals surface area contributed by atoms with E-state index in [-0.39, 0.29) is 25.0 Å². The third kappa shape index (κ3) is 18.8. The van der Waals surface area contributed by atoms with Crippen molar-refractivity contribution in [2.45, 2.75) is 32.7 Å². The normalized spacial score (nSPS) is 10.1. The van der Waals surface area contributed by atoms with Crippen LogP contribution in [0.25, 0.3) is 0 Å². The maximum atomic E-state index is 12.5. The predicted molar refractivity (Wildman–Crippen MR) is 236 cm³/mol. The number of methoxy groups -OCH3 is 2. The molecule has 5 N–H and O–H groups in total. The molecular formula is C45H53ClN6O7. The average Bonchev–Trinajstić information content (AvgIpc) is 3.24. The molecule has 5 amide bonds. The summed E-state index contributed by atoms with van der Waals surface area (Å²) < 4.78 is 9.86. The Bertz CT molecular complexity index is 1930. The Kier molecular flexibility index (Phi) is 22.7. The van der Waals surface area contributed by atoms with Crippen LogP contribution < -0.4 is 41.0 Å². The van der Waals surface area contributed by atoms with Crippen molar-refractivity contribution in [3.8, 4) is 11.5 Å². The number of nitrogens with two attached hydrogens (primary N) is 1. The molecule has 0 spiro atoms. The summed E-state index contributed by atoms with van der Waals surface area (Å²) in [5, 5.41) is 8.36. The van der Waals surface area contributed by atoms with E-state index in [0.29, 0.717) is 42.0 Å². The number of benzene rings is 5. The van der Waals surface area contributed by atoms with Gasteiger partial charge in [0.05, 0.1) is 37.2 Å². The highest BCUT2D eigenvalue weighted by molar-refractivity contribution is 6.34. The molecule has 0 aliphatic rings. The van der Waals surface area contributed by atoms with E-state index in [0.717, 1.165) is 39.8 Å². The Labute approximate surface area is 351 Å². The minimum atomic E-state index is -0.654. The topological polar surface area (TPSA) is 172 Å². The van der Waals surface area contributed by atoms with E-state index in [2.05, 4.69) is 47.1 Å². The van der Waals surface area contributed by atoms with Crippen LogP contribution in [0, 0.1) is 0 Å². The van der Waals surface area contributed by atoms with E-state index < -0.39 is 5.91 Å². The van der Waals surface area contributed by atoms with Gasteiger partial charge in [-0.3, -0.25) is 24.0 Å². The second-order valence-corrected chi connectivity index (χ2v) is 13.0. The van der Waals surface area contributed by atoms with Gasteiger partial charge in [-0.25, -0.2) is 0 Å². The van der Waals surface area contributed by atoms with Crippen LogP contribution in [0.5, 0.6) is 11.5 Å². The first-order valence-corrected chi connectivity index (χ1v) is 18.9. The van der Waals surface area contributed by atoms with Crippen LogP contribution in [-0.4, -0.2) is 71.4 Å². The Morgan fingerprint density at radius 3 is 1.61 bits per heavy atom. The number of aryl methyl sites for hydroxylation is 1. The number of ether oxygens (including phenoxy) is 2. The van der Waals surface area contributed by atoms with E-state index in [9.17, 15) is 24.0 Å². The molecule has 0 heterocycles. The second-order valence-electron chi connectivity index (χ2n) is 12.6. The molecule has 5 aromatic rings. The number of amides is 5. The van der Waals surface area contributed by atoms with Crippen molar-refractivity contribution in [1.29, 1.82) is 0 Å². The van der Waals surface area contributed by atoms with Crippen LogP contribution in [-0.2, 0) is 36.8 Å². The number of halogens is 1. The van der Waals surface area contributed by atoms with Gasteiger partial charge in [-0.2, -0.15) is 0 Å². The van der Waals surface area contributed by atoms with Crippen molar-refractivity contribution in [3.63, 3.8) is 0 Å². The van der Waals surface area contributed by atoms with Gasteiger partial charge >= 0.3 is 0 Å². The van der Waals surface area contributed by atoms with Gasteiger partial charge in [-0.05, 0) is 91.6 Å². The van der Waals surface area contributed by atoms with Gasteiger partial charge in [0.25, 0.3) is 0 Å². The zero-order valence-corrected chi connectivity index (χ0v) is 34.7. The van der Waals surface area contributed by atoms with E-state index in [1.165, 1.54) is 5.56 Å². The fraction of sp³-hybridized carbons (Fsp3) is 0.222. The summed E-state index contributed by atoms with van der Waals surface area (Å²) in [6.45, 7) is 3.84. The highest BCUT2D eigenvalue weighted by Gasteiger charge is 2.20. The number of para-hydroxylation sites is 1. The van der Waals surface area contributed by atoms with E-state index >= 15 is 0 Å². The highest BCUT2D eigenvalue weighted by atomic mass is 35.5. The molecule has 0 aliphatic carbocycles. The van der Waals surface area contributed by atoms with Gasteiger partial charge in [-0.15, -0.1) is 0 Å². The maximum Gasteiger partial charge on any atom is 0.239 e. The minimum absolute atomic E-state index is 0.0269. The molecule has 312 valence electrons. The van der Waals surface area contributed by atoms with Crippen LogP contribution in [0.1, 0.15) is 25.0 Å². The van der Waals surface area contributed by atoms with Crippen molar-refractivity contribution >= 4 is 65.4 Å². The van der Waals surface area contributed by atoms with Crippen molar-refractivity contribution in [2.24, 2.45) is 5.73 Å². The van der Waals surface area contributed by atoms with Crippen LogP contribution in [0.2, 0.25) is 5.02 Å². The number of nitrogens with zero attached hydrogens (tertiary/aromatic N) is 2. The summed E-state index contributed by atoms with van der Waals surface area (Å²) in [5.74, 6) is 0.718. The molecule has 0 aliphatic heterocycles. The first-order chi connectivity index (χ1) is 28.5. The van der Waals surface area contributed by atoms with Crippen molar-refractivity contribution in [2.75, 3.05) is 54.8 Å². The number of nitrogens with one attached hydrogen (secondary N) is 3. The molecule has 5 rings (SSSR count). The summed E-state index contributed by atoms with van der Waals surface area (Å²) in [7, 11) is 4.89. The standard InChI is InChI=1S/C21H25ClN4O3.2C8H9NO2.C8H10/c1-15(11-16-7-4-3-5-8-16)24-20(29)13-25(2)21-17(22)9-6-10-18(21)26(14-27)12-19(23)28;2*1-11-8-4-2-7(3-5-8)9-6-10;1-2-8-6-4-3-5-7-8/h3-10,14-15H,11-13H2,1-2H3,(H2,23,28)(H,24,29);2*2-6H,1H3,(H,9,10);3-7H,2H2,1H3/t15-;;;/m1.../s1. The lowest BCUT2D eigenvalue weighted by Gasteiger charge is -2.27. The quantitative estimate of drug-likeness (QED) is 0.0746. The molecule has 0 fully saturated rings. The van der Waals surface area contributed by atoms with Gasteiger partial charge in [-0.1, -0.05) is 85.3 Å². The predicted octanol–water partition coefficient (Wildman–Crippen LogP) is 6.75. The fourth-order valence-corrected chi connectivity index (χ4v) is 5.63. The summed E-state index contributed by atoms with van der Waals surface area (Å²) in [6, 6.07) is 39.5. The van der Waals surface area contributed by atoms with Gasteiger partial charge < -0.3 is 41.0 Å². The third-order valence-electron chi connectivity index (χ3n) is 8.17. The maximum absolute atomic E-state index is 12.5. The first kappa shape index (κ1) is 48.3. The molecule has 59 heavy (non-hydrogen) atoms. The molecule has 0 unspecified atom stereocenters. The fourth-order valence-electron chi connectivity index (χ4n) is 5.32. The smallest absolute Gasteiger partial charge is 0.239 e. The lowest BCUT2D eigenvalue weighted by atomic mass is 10.1. The summed E-state index contributed by atoms with van der Waals surface area (Å²) >= 11 is 6.33. The Morgan fingerprint density at radius 1 is 0.712 bits per heavy atom. The lowest BCUT2D eigenvalue weighted by molar-refractivity contribution is -0.120. The summed E-state index contributed by atoms with van der Waals surface area (Å²) in [4.78, 5) is 58.0. The average molecular weight is 825 g/mol. The molecule has 1 atom stereocenters. The van der Waals surface area contributed by atoms with Gasteiger partial charge in [0.2, 0.25) is 31.0 Å². The van der Waals surface area contributed by atoms with Crippen molar-refractivity contribution in [3.05, 3.63) is 144 Å². The number of primary amides is 1. The molecule has 0 aromatic heterocycles. The number of likely N-dealkylation sites (N-methyl/N-ethyl adjacent to an activating group) is 1. The van der Waals surface area contributed by atoms with Gasteiger partial charge in [0.1, 0.15) is 18.0 Å². The lowest BCUT2D eigenvalue weighted by Crippen LogP contribution is -2.41. The number of anilines is 4. The van der Waals surface area contributed by atoms with Crippen LogP contribution in [0.15, 0.2) is 127 Å². The Balaban J connectivity index is 0.000000323. The molecule has 0 bridgehead atoms. The molecule has 14 heteroatoms. The Hall–Kier alpha value is -6.86. The van der Waals surface area contributed by atoms with Gasteiger partial charge in [0.15, 0.2) is 0 Å².